The van der Waals surface area contributed by atoms with Crippen molar-refractivity contribution in [2.24, 2.45) is 0 Å². The molecule has 0 aliphatic rings. The van der Waals surface area contributed by atoms with Gasteiger partial charge < -0.3 is 0 Å². The fourth-order valence-electron chi connectivity index (χ4n) is 0.963. The Morgan fingerprint density at radius 1 is 1.57 bits per heavy atom. The third kappa shape index (κ3) is 2.90. The quantitative estimate of drug-likeness (QED) is 0.772. The zero-order chi connectivity index (χ0) is 10.6. The van der Waals surface area contributed by atoms with E-state index in [-0.39, 0.29) is 15.6 Å². The van der Waals surface area contributed by atoms with E-state index in [9.17, 15) is 4.79 Å². The number of hydrogen-bond donors (Lipinski definition) is 0. The molecule has 0 spiro atoms. The maximum atomic E-state index is 11.5. The second-order valence-electron chi connectivity index (χ2n) is 2.68. The Morgan fingerprint density at radius 2 is 2.29 bits per heavy atom. The molecule has 0 saturated heterocycles. The van der Waals surface area contributed by atoms with E-state index in [2.05, 4.69) is 5.10 Å². The smallest absolute Gasteiger partial charge is 0.266 e. The Balaban J connectivity index is 2.79. The molecule has 0 amide bonds. The van der Waals surface area contributed by atoms with Crippen LogP contribution in [0.5, 0.6) is 0 Å². The summed E-state index contributed by atoms with van der Waals surface area (Å²) >= 11 is 13.1. The van der Waals surface area contributed by atoms with Gasteiger partial charge in [0.05, 0.1) is 11.2 Å². The van der Waals surface area contributed by atoms with E-state index >= 15 is 0 Å². The maximum Gasteiger partial charge on any atom is 0.287 e. The van der Waals surface area contributed by atoms with Crippen molar-refractivity contribution in [2.45, 2.75) is 13.0 Å². The summed E-state index contributed by atoms with van der Waals surface area (Å²) in [7, 11) is 0. The minimum atomic E-state index is -0.319. The van der Waals surface area contributed by atoms with E-state index in [4.69, 9.17) is 23.2 Å². The summed E-state index contributed by atoms with van der Waals surface area (Å²) in [5.41, 5.74) is -0.319. The predicted molar refractivity (Wildman–Crippen MR) is 61.5 cm³/mol. The summed E-state index contributed by atoms with van der Waals surface area (Å²) in [4.78, 5) is 11.5. The van der Waals surface area contributed by atoms with Crippen LogP contribution in [0, 0.1) is 0 Å². The molecule has 0 unspecified atom stereocenters. The Bertz CT molecular complexity index is 367. The number of halogens is 2. The lowest BCUT2D eigenvalue weighted by molar-refractivity contribution is 0.571. The lowest BCUT2D eigenvalue weighted by Gasteiger charge is -2.04. The first-order valence-corrected chi connectivity index (χ1v) is 6.22. The largest absolute Gasteiger partial charge is 0.287 e. The van der Waals surface area contributed by atoms with Gasteiger partial charge in [-0.05, 0) is 18.4 Å². The summed E-state index contributed by atoms with van der Waals surface area (Å²) in [6, 6.07) is 0. The summed E-state index contributed by atoms with van der Waals surface area (Å²) < 4.78 is 1.34. The molecule has 0 atom stereocenters. The van der Waals surface area contributed by atoms with Gasteiger partial charge in [-0.2, -0.15) is 16.9 Å². The molecule has 14 heavy (non-hydrogen) atoms. The van der Waals surface area contributed by atoms with Crippen molar-refractivity contribution >= 4 is 35.0 Å². The second-order valence-corrected chi connectivity index (χ2v) is 4.45. The van der Waals surface area contributed by atoms with Gasteiger partial charge >= 0.3 is 0 Å². The first-order chi connectivity index (χ1) is 6.66. The van der Waals surface area contributed by atoms with Crippen LogP contribution in [0.3, 0.4) is 0 Å². The summed E-state index contributed by atoms with van der Waals surface area (Å²) in [6.07, 6.45) is 4.31. The van der Waals surface area contributed by atoms with Crippen LogP contribution in [-0.2, 0) is 6.54 Å². The molecule has 0 aromatic carbocycles. The summed E-state index contributed by atoms with van der Waals surface area (Å²) in [6.45, 7) is 0.580. The van der Waals surface area contributed by atoms with E-state index < -0.39 is 0 Å². The van der Waals surface area contributed by atoms with Gasteiger partial charge in [0.15, 0.2) is 0 Å². The van der Waals surface area contributed by atoms with E-state index in [1.807, 2.05) is 6.26 Å². The van der Waals surface area contributed by atoms with Gasteiger partial charge in [0.1, 0.15) is 5.02 Å². The van der Waals surface area contributed by atoms with Crippen LogP contribution in [0.15, 0.2) is 11.0 Å². The molecule has 0 fully saturated rings. The number of aryl methyl sites for hydroxylation is 1. The van der Waals surface area contributed by atoms with Gasteiger partial charge in [0.25, 0.3) is 5.56 Å². The van der Waals surface area contributed by atoms with Gasteiger partial charge in [0.2, 0.25) is 0 Å². The zero-order valence-corrected chi connectivity index (χ0v) is 9.99. The molecule has 6 heteroatoms. The number of hydrogen-bond acceptors (Lipinski definition) is 3. The Kier molecular flexibility index (Phi) is 4.78. The summed E-state index contributed by atoms with van der Waals surface area (Å²) in [5.74, 6) is 0.994. The van der Waals surface area contributed by atoms with Crippen molar-refractivity contribution in [2.75, 3.05) is 12.0 Å². The van der Waals surface area contributed by atoms with Crippen LogP contribution >= 0.6 is 35.0 Å². The monoisotopic (exact) mass is 252 g/mol. The highest BCUT2D eigenvalue weighted by Crippen LogP contribution is 2.14. The molecule has 0 aliphatic heterocycles. The molecule has 0 aliphatic carbocycles. The Hall–Kier alpha value is -0.190. The van der Waals surface area contributed by atoms with Crippen molar-refractivity contribution in [1.29, 1.82) is 0 Å². The highest BCUT2D eigenvalue weighted by molar-refractivity contribution is 7.98. The van der Waals surface area contributed by atoms with E-state index in [1.54, 1.807) is 11.8 Å². The molecule has 0 radical (unpaired) electrons. The highest BCUT2D eigenvalue weighted by atomic mass is 35.5. The molecule has 3 nitrogen and oxygen atoms in total. The van der Waals surface area contributed by atoms with Gasteiger partial charge in [-0.1, -0.05) is 23.2 Å². The predicted octanol–water partition coefficient (Wildman–Crippen LogP) is 2.30. The van der Waals surface area contributed by atoms with Crippen molar-refractivity contribution in [3.05, 3.63) is 26.6 Å². The fourth-order valence-corrected chi connectivity index (χ4v) is 1.65. The molecule has 0 N–H and O–H groups in total. The normalized spacial score (nSPS) is 10.5. The van der Waals surface area contributed by atoms with Crippen LogP contribution in [0.2, 0.25) is 10.0 Å². The first kappa shape index (κ1) is 11.9. The molecule has 1 rings (SSSR count). The molecule has 1 aromatic heterocycles. The topological polar surface area (TPSA) is 34.9 Å². The van der Waals surface area contributed by atoms with Crippen molar-refractivity contribution in [3.8, 4) is 0 Å². The van der Waals surface area contributed by atoms with Crippen molar-refractivity contribution < 1.29 is 0 Å². The average molecular weight is 253 g/mol. The lowest BCUT2D eigenvalue weighted by atomic mass is 10.4. The van der Waals surface area contributed by atoms with E-state index in [0.29, 0.717) is 6.54 Å². The van der Waals surface area contributed by atoms with Crippen LogP contribution < -0.4 is 5.56 Å². The van der Waals surface area contributed by atoms with Crippen molar-refractivity contribution in [3.63, 3.8) is 0 Å². The fraction of sp³-hybridized carbons (Fsp3) is 0.500. The third-order valence-corrected chi connectivity index (χ3v) is 3.11. The Morgan fingerprint density at radius 3 is 2.93 bits per heavy atom. The highest BCUT2D eigenvalue weighted by Gasteiger charge is 2.06. The number of aromatic nitrogens is 2. The molecule has 1 heterocycles. The molecule has 0 bridgehead atoms. The van der Waals surface area contributed by atoms with Crippen LogP contribution in [0.4, 0.5) is 0 Å². The number of thioether (sulfide) groups is 1. The zero-order valence-electron chi connectivity index (χ0n) is 7.67. The second kappa shape index (κ2) is 5.63. The maximum absolute atomic E-state index is 11.5. The summed E-state index contributed by atoms with van der Waals surface area (Å²) in [5, 5.41) is 4.14. The molecule has 0 saturated carbocycles. The van der Waals surface area contributed by atoms with Crippen LogP contribution in [0.25, 0.3) is 0 Å². The molecule has 1 aromatic rings. The Labute approximate surface area is 96.4 Å². The van der Waals surface area contributed by atoms with Gasteiger partial charge in [-0.15, -0.1) is 0 Å². The molecular weight excluding hydrogens is 243 g/mol. The average Bonchev–Trinajstić information content (AvgIpc) is 2.18. The SMILES string of the molecule is CSCCCn1ncc(Cl)c(Cl)c1=O. The minimum absolute atomic E-state index is 0.0471. The van der Waals surface area contributed by atoms with Crippen LogP contribution in [0.1, 0.15) is 6.42 Å². The van der Waals surface area contributed by atoms with Gasteiger partial charge in [-0.3, -0.25) is 4.79 Å². The number of rotatable bonds is 4. The first-order valence-electron chi connectivity index (χ1n) is 4.07. The minimum Gasteiger partial charge on any atom is -0.266 e. The van der Waals surface area contributed by atoms with Crippen LogP contribution in [-0.4, -0.2) is 21.8 Å². The number of nitrogens with zero attached hydrogens (tertiary/aromatic N) is 2. The molecular formula is C8H10Cl2N2OS. The molecule has 78 valence electrons. The standard InChI is InChI=1S/C8H10Cl2N2OS/c1-14-4-2-3-12-8(13)7(10)6(9)5-11-12/h5H,2-4H2,1H3. The van der Waals surface area contributed by atoms with Gasteiger partial charge in [-0.25, -0.2) is 4.68 Å². The van der Waals surface area contributed by atoms with Gasteiger partial charge in [0, 0.05) is 6.54 Å². The third-order valence-electron chi connectivity index (χ3n) is 1.66. The van der Waals surface area contributed by atoms with E-state index in [0.717, 1.165) is 12.2 Å². The van der Waals surface area contributed by atoms with E-state index in [1.165, 1.54) is 10.9 Å². The van der Waals surface area contributed by atoms with Crippen molar-refractivity contribution in [1.82, 2.24) is 9.78 Å². The lowest BCUT2D eigenvalue weighted by Crippen LogP contribution is -2.23.